The van der Waals surface area contributed by atoms with Crippen LogP contribution >= 0.6 is 0 Å². The summed E-state index contributed by atoms with van der Waals surface area (Å²) in [6.45, 7) is 0.317. The topological polar surface area (TPSA) is 94.4 Å². The zero-order valence-corrected chi connectivity index (χ0v) is 17.6. The molecule has 2 heterocycles. The van der Waals surface area contributed by atoms with Crippen LogP contribution in [0.4, 0.5) is 5.69 Å². The van der Waals surface area contributed by atoms with Gasteiger partial charge in [-0.3, -0.25) is 14.4 Å². The highest BCUT2D eigenvalue weighted by molar-refractivity contribution is 5.99. The average Bonchev–Trinajstić information content (AvgIpc) is 3.27. The van der Waals surface area contributed by atoms with Crippen LogP contribution in [0.15, 0.2) is 53.3 Å². The first-order valence-corrected chi connectivity index (χ1v) is 11.0. The Hall–Kier alpha value is -3.55. The van der Waals surface area contributed by atoms with Crippen LogP contribution in [-0.4, -0.2) is 33.4 Å². The van der Waals surface area contributed by atoms with Crippen LogP contribution in [0.25, 0.3) is 10.9 Å². The van der Waals surface area contributed by atoms with Gasteiger partial charge in [-0.05, 0) is 43.0 Å². The first kappa shape index (κ1) is 20.4. The Morgan fingerprint density at radius 3 is 2.62 bits per heavy atom. The number of benzene rings is 2. The van der Waals surface area contributed by atoms with E-state index in [1.165, 1.54) is 0 Å². The predicted molar refractivity (Wildman–Crippen MR) is 118 cm³/mol. The molecular weight excluding hydrogens is 408 g/mol. The van der Waals surface area contributed by atoms with Crippen LogP contribution in [0.3, 0.4) is 0 Å². The van der Waals surface area contributed by atoms with Crippen LogP contribution in [-0.2, 0) is 27.5 Å². The molecule has 0 spiro atoms. The van der Waals surface area contributed by atoms with Gasteiger partial charge in [-0.2, -0.15) is 4.68 Å². The van der Waals surface area contributed by atoms with Crippen LogP contribution in [0.5, 0.6) is 0 Å². The Balaban J connectivity index is 1.31. The third-order valence-electron chi connectivity index (χ3n) is 6.50. The molecule has 0 N–H and O–H groups in total. The number of para-hydroxylation sites is 1. The van der Waals surface area contributed by atoms with Crippen molar-refractivity contribution in [3.63, 3.8) is 0 Å². The fraction of sp³-hybridized carbons (Fsp3) is 0.375. The van der Waals surface area contributed by atoms with Gasteiger partial charge in [-0.15, -0.1) is 5.10 Å². The molecule has 0 bridgehead atoms. The molecule has 2 unspecified atom stereocenters. The first-order valence-electron chi connectivity index (χ1n) is 11.0. The van der Waals surface area contributed by atoms with Gasteiger partial charge in [0.05, 0.1) is 17.2 Å². The number of carbonyl (C=O) groups is 2. The van der Waals surface area contributed by atoms with Crippen molar-refractivity contribution in [2.75, 3.05) is 11.4 Å². The SMILES string of the molecule is O=C(OCn1nnc2ccccc2c1=O)C1CCCCC1C(=O)N1CCc2ccccc21. The summed E-state index contributed by atoms with van der Waals surface area (Å²) in [5, 5.41) is 8.29. The van der Waals surface area contributed by atoms with Crippen molar-refractivity contribution in [3.8, 4) is 0 Å². The average molecular weight is 432 g/mol. The fourth-order valence-corrected chi connectivity index (χ4v) is 4.82. The van der Waals surface area contributed by atoms with Gasteiger partial charge < -0.3 is 9.64 Å². The van der Waals surface area contributed by atoms with Crippen molar-refractivity contribution < 1.29 is 14.3 Å². The number of hydrogen-bond donors (Lipinski definition) is 0. The molecule has 1 aromatic heterocycles. The van der Waals surface area contributed by atoms with Crippen molar-refractivity contribution >= 4 is 28.5 Å². The Bertz CT molecular complexity index is 1240. The quantitative estimate of drug-likeness (QED) is 0.589. The highest BCUT2D eigenvalue weighted by Crippen LogP contribution is 2.36. The molecule has 1 fully saturated rings. The number of amides is 1. The molecule has 2 aromatic carbocycles. The molecule has 1 aliphatic carbocycles. The van der Waals surface area contributed by atoms with E-state index in [9.17, 15) is 14.4 Å². The summed E-state index contributed by atoms with van der Waals surface area (Å²) in [6, 6.07) is 14.8. The normalized spacial score (nSPS) is 20.2. The minimum Gasteiger partial charge on any atom is -0.442 e. The van der Waals surface area contributed by atoms with Crippen molar-refractivity contribution in [1.29, 1.82) is 0 Å². The molecule has 1 amide bonds. The van der Waals surface area contributed by atoms with Gasteiger partial charge in [0.25, 0.3) is 5.56 Å². The summed E-state index contributed by atoms with van der Waals surface area (Å²) >= 11 is 0. The number of carbonyl (C=O) groups excluding carboxylic acids is 2. The first-order chi connectivity index (χ1) is 15.6. The maximum absolute atomic E-state index is 13.4. The molecule has 3 aromatic rings. The standard InChI is InChI=1S/C24H24N4O4/c29-22(27-14-13-16-7-1-6-12-21(16)27)17-8-2-3-9-18(17)24(31)32-15-28-23(30)19-10-4-5-11-20(19)25-26-28/h1,4-7,10-12,17-18H,2-3,8-9,13-15H2. The highest BCUT2D eigenvalue weighted by Gasteiger charge is 2.40. The van der Waals surface area contributed by atoms with Crippen molar-refractivity contribution in [2.45, 2.75) is 38.8 Å². The summed E-state index contributed by atoms with van der Waals surface area (Å²) in [7, 11) is 0. The number of ether oxygens (including phenoxy) is 1. The number of esters is 1. The van der Waals surface area contributed by atoms with E-state index >= 15 is 0 Å². The zero-order valence-electron chi connectivity index (χ0n) is 17.6. The largest absolute Gasteiger partial charge is 0.442 e. The maximum Gasteiger partial charge on any atom is 0.311 e. The lowest BCUT2D eigenvalue weighted by atomic mass is 9.78. The van der Waals surface area contributed by atoms with Crippen LogP contribution in [0.2, 0.25) is 0 Å². The molecular formula is C24H24N4O4. The smallest absolute Gasteiger partial charge is 0.311 e. The molecule has 0 radical (unpaired) electrons. The molecule has 1 saturated carbocycles. The Morgan fingerprint density at radius 1 is 1.00 bits per heavy atom. The van der Waals surface area contributed by atoms with Gasteiger partial charge in [0.2, 0.25) is 5.91 Å². The summed E-state index contributed by atoms with van der Waals surface area (Å²) in [6.07, 6.45) is 3.87. The minimum atomic E-state index is -0.520. The van der Waals surface area contributed by atoms with E-state index in [0.29, 0.717) is 30.3 Å². The second-order valence-electron chi connectivity index (χ2n) is 8.37. The van der Waals surface area contributed by atoms with E-state index in [1.54, 1.807) is 24.3 Å². The Morgan fingerprint density at radius 2 is 1.75 bits per heavy atom. The van der Waals surface area contributed by atoms with Crippen LogP contribution in [0, 0.1) is 11.8 Å². The molecule has 32 heavy (non-hydrogen) atoms. The van der Waals surface area contributed by atoms with E-state index in [-0.39, 0.29) is 18.2 Å². The van der Waals surface area contributed by atoms with E-state index in [1.807, 2.05) is 29.2 Å². The highest BCUT2D eigenvalue weighted by atomic mass is 16.5. The lowest BCUT2D eigenvalue weighted by Crippen LogP contribution is -2.42. The molecule has 1 aliphatic heterocycles. The third kappa shape index (κ3) is 3.66. The number of fused-ring (bicyclic) bond motifs is 2. The van der Waals surface area contributed by atoms with Gasteiger partial charge in [-0.1, -0.05) is 48.4 Å². The number of anilines is 1. The van der Waals surface area contributed by atoms with Gasteiger partial charge in [-0.25, -0.2) is 0 Å². The number of hydrogen-bond acceptors (Lipinski definition) is 6. The second-order valence-corrected chi connectivity index (χ2v) is 8.37. The maximum atomic E-state index is 13.4. The fourth-order valence-electron chi connectivity index (χ4n) is 4.82. The van der Waals surface area contributed by atoms with Gasteiger partial charge in [0.1, 0.15) is 5.52 Å². The zero-order chi connectivity index (χ0) is 22.1. The number of rotatable bonds is 4. The van der Waals surface area contributed by atoms with E-state index in [4.69, 9.17) is 4.74 Å². The molecule has 164 valence electrons. The Kier molecular flexibility index (Phi) is 5.43. The van der Waals surface area contributed by atoms with E-state index in [0.717, 1.165) is 35.2 Å². The lowest BCUT2D eigenvalue weighted by molar-refractivity contribution is -0.158. The van der Waals surface area contributed by atoms with Gasteiger partial charge in [0, 0.05) is 12.2 Å². The molecule has 2 atom stereocenters. The third-order valence-corrected chi connectivity index (χ3v) is 6.50. The molecule has 2 aliphatic rings. The van der Waals surface area contributed by atoms with Gasteiger partial charge in [0.15, 0.2) is 6.73 Å². The van der Waals surface area contributed by atoms with Crippen molar-refractivity contribution in [1.82, 2.24) is 15.0 Å². The van der Waals surface area contributed by atoms with Crippen LogP contribution < -0.4 is 10.5 Å². The second kappa shape index (κ2) is 8.53. The van der Waals surface area contributed by atoms with Crippen LogP contribution in [0.1, 0.15) is 31.2 Å². The van der Waals surface area contributed by atoms with E-state index < -0.39 is 17.8 Å². The number of nitrogens with zero attached hydrogens (tertiary/aromatic N) is 4. The molecule has 0 saturated heterocycles. The summed E-state index contributed by atoms with van der Waals surface area (Å²) < 4.78 is 6.50. The Labute approximate surface area is 184 Å². The van der Waals surface area contributed by atoms with E-state index in [2.05, 4.69) is 10.3 Å². The van der Waals surface area contributed by atoms with Crippen molar-refractivity contribution in [3.05, 3.63) is 64.4 Å². The molecule has 8 nitrogen and oxygen atoms in total. The summed E-state index contributed by atoms with van der Waals surface area (Å²) in [5.74, 6) is -1.41. The van der Waals surface area contributed by atoms with Crippen molar-refractivity contribution in [2.24, 2.45) is 11.8 Å². The minimum absolute atomic E-state index is 0.0146. The summed E-state index contributed by atoms with van der Waals surface area (Å²) in [4.78, 5) is 40.8. The monoisotopic (exact) mass is 432 g/mol. The predicted octanol–water partition coefficient (Wildman–Crippen LogP) is 2.69. The molecule has 8 heteroatoms. The molecule has 5 rings (SSSR count). The number of aromatic nitrogens is 3. The summed E-state index contributed by atoms with van der Waals surface area (Å²) in [5.41, 5.74) is 2.22. The van der Waals surface area contributed by atoms with Gasteiger partial charge >= 0.3 is 5.97 Å². The lowest BCUT2D eigenvalue weighted by Gasteiger charge is -2.32.